The van der Waals surface area contributed by atoms with Gasteiger partial charge in [0.2, 0.25) is 0 Å². The summed E-state index contributed by atoms with van der Waals surface area (Å²) < 4.78 is 10.9. The van der Waals surface area contributed by atoms with Gasteiger partial charge >= 0.3 is 0 Å². The van der Waals surface area contributed by atoms with Crippen LogP contribution < -0.4 is 5.73 Å². The second-order valence-corrected chi connectivity index (χ2v) is 3.43. The topological polar surface area (TPSA) is 43.1 Å². The van der Waals surface area contributed by atoms with Crippen molar-refractivity contribution >= 4 is 10.8 Å². The van der Waals surface area contributed by atoms with E-state index in [-0.39, 0.29) is 0 Å². The Hall–Kier alpha value is -0.330. The van der Waals surface area contributed by atoms with Crippen LogP contribution in [0, 0.1) is 11.8 Å². The highest BCUT2D eigenvalue weighted by atomic mass is 32.2. The molecule has 0 aromatic heterocycles. The van der Waals surface area contributed by atoms with Crippen molar-refractivity contribution in [2.75, 3.05) is 18.1 Å². The molecule has 1 atom stereocenters. The molecule has 3 heteroatoms. The van der Waals surface area contributed by atoms with Crippen LogP contribution in [0.15, 0.2) is 0 Å². The molecule has 0 saturated carbocycles. The Labute approximate surface area is 64.6 Å². The number of hydrogen-bond acceptors (Lipinski definition) is 2. The Morgan fingerprint density at radius 2 is 2.30 bits per heavy atom. The molecule has 0 fully saturated rings. The second-order valence-electron chi connectivity index (χ2n) is 1.86. The van der Waals surface area contributed by atoms with Crippen molar-refractivity contribution in [2.45, 2.75) is 13.3 Å². The second kappa shape index (κ2) is 6.79. The lowest BCUT2D eigenvalue weighted by Gasteiger charge is -1.93. The molecule has 0 bridgehead atoms. The highest BCUT2D eigenvalue weighted by Crippen LogP contribution is 1.84. The zero-order valence-corrected chi connectivity index (χ0v) is 7.04. The first kappa shape index (κ1) is 9.67. The van der Waals surface area contributed by atoms with Crippen LogP contribution in [0.1, 0.15) is 13.3 Å². The molecule has 1 unspecified atom stereocenters. The molecule has 0 aliphatic carbocycles. The number of nitrogens with two attached hydrogens (primary N) is 1. The largest absolute Gasteiger partial charge is 0.330 e. The molecule has 0 rings (SSSR count). The predicted octanol–water partition coefficient (Wildman–Crippen LogP) is 0.107. The minimum absolute atomic E-state index is 0.497. The van der Waals surface area contributed by atoms with Crippen molar-refractivity contribution in [3.63, 3.8) is 0 Å². The van der Waals surface area contributed by atoms with E-state index in [1.807, 2.05) is 0 Å². The summed E-state index contributed by atoms with van der Waals surface area (Å²) in [5.74, 6) is 6.65. The summed E-state index contributed by atoms with van der Waals surface area (Å²) in [4.78, 5) is 0. The zero-order chi connectivity index (χ0) is 7.82. The van der Waals surface area contributed by atoms with Gasteiger partial charge in [0.1, 0.15) is 0 Å². The van der Waals surface area contributed by atoms with Gasteiger partial charge in [-0.3, -0.25) is 4.21 Å². The highest BCUT2D eigenvalue weighted by molar-refractivity contribution is 7.85. The van der Waals surface area contributed by atoms with Crippen LogP contribution in [-0.4, -0.2) is 22.3 Å². The van der Waals surface area contributed by atoms with Gasteiger partial charge in [-0.25, -0.2) is 0 Å². The Morgan fingerprint density at radius 1 is 1.60 bits per heavy atom. The van der Waals surface area contributed by atoms with E-state index in [0.717, 1.165) is 6.42 Å². The standard InChI is InChI=1S/C7H13NOS/c1-2-3-6-10(9)7-4-5-8/h4-8H2,1H3. The summed E-state index contributed by atoms with van der Waals surface area (Å²) in [7, 11) is -0.773. The van der Waals surface area contributed by atoms with Crippen molar-refractivity contribution < 1.29 is 4.21 Å². The van der Waals surface area contributed by atoms with Gasteiger partial charge in [0.05, 0.1) is 5.75 Å². The summed E-state index contributed by atoms with van der Waals surface area (Å²) >= 11 is 0. The molecular weight excluding hydrogens is 146 g/mol. The normalized spacial score (nSPS) is 11.8. The third-order valence-corrected chi connectivity index (χ3v) is 2.20. The van der Waals surface area contributed by atoms with E-state index in [1.165, 1.54) is 0 Å². The molecule has 2 N–H and O–H groups in total. The Bertz CT molecular complexity index is 157. The van der Waals surface area contributed by atoms with Crippen LogP contribution >= 0.6 is 0 Å². The van der Waals surface area contributed by atoms with E-state index >= 15 is 0 Å². The van der Waals surface area contributed by atoms with Crippen LogP contribution in [-0.2, 0) is 10.8 Å². The van der Waals surface area contributed by atoms with Crippen LogP contribution in [0.2, 0.25) is 0 Å². The molecule has 0 aromatic carbocycles. The van der Waals surface area contributed by atoms with E-state index in [0.29, 0.717) is 18.1 Å². The maximum atomic E-state index is 10.9. The van der Waals surface area contributed by atoms with E-state index in [4.69, 9.17) is 5.73 Å². The Kier molecular flexibility index (Phi) is 6.56. The summed E-state index contributed by atoms with van der Waals surface area (Å²) in [5, 5.41) is 0. The third kappa shape index (κ3) is 5.80. The van der Waals surface area contributed by atoms with Crippen molar-refractivity contribution in [3.05, 3.63) is 0 Å². The van der Waals surface area contributed by atoms with E-state index in [2.05, 4.69) is 11.8 Å². The first-order valence-corrected chi connectivity index (χ1v) is 4.74. The average molecular weight is 159 g/mol. The van der Waals surface area contributed by atoms with Gasteiger partial charge < -0.3 is 5.73 Å². The molecule has 0 radical (unpaired) electrons. The van der Waals surface area contributed by atoms with Crippen molar-refractivity contribution in [3.8, 4) is 11.8 Å². The number of rotatable bonds is 4. The van der Waals surface area contributed by atoms with E-state index in [1.54, 1.807) is 6.92 Å². The Morgan fingerprint density at radius 3 is 2.80 bits per heavy atom. The monoisotopic (exact) mass is 159 g/mol. The fourth-order valence-electron chi connectivity index (χ4n) is 0.469. The van der Waals surface area contributed by atoms with Crippen molar-refractivity contribution in [2.24, 2.45) is 5.73 Å². The molecular formula is C7H13NOS. The summed E-state index contributed by atoms with van der Waals surface area (Å²) in [5.41, 5.74) is 5.23. The van der Waals surface area contributed by atoms with E-state index < -0.39 is 10.8 Å². The molecule has 0 aromatic rings. The molecule has 0 heterocycles. The first-order chi connectivity index (χ1) is 4.81. The minimum atomic E-state index is -0.773. The lowest BCUT2D eigenvalue weighted by Crippen LogP contribution is -2.07. The molecule has 0 aliphatic heterocycles. The maximum Gasteiger partial charge on any atom is 0.0847 e. The van der Waals surface area contributed by atoms with Crippen LogP contribution in [0.3, 0.4) is 0 Å². The van der Waals surface area contributed by atoms with Crippen LogP contribution in [0.25, 0.3) is 0 Å². The average Bonchev–Trinajstić information content (AvgIpc) is 1.97. The molecule has 0 saturated heterocycles. The molecule has 0 amide bonds. The van der Waals surface area contributed by atoms with Crippen LogP contribution in [0.5, 0.6) is 0 Å². The van der Waals surface area contributed by atoms with Crippen molar-refractivity contribution in [1.82, 2.24) is 0 Å². The third-order valence-electron chi connectivity index (χ3n) is 0.986. The van der Waals surface area contributed by atoms with Gasteiger partial charge in [-0.15, -0.1) is 5.92 Å². The highest BCUT2D eigenvalue weighted by Gasteiger charge is 1.93. The minimum Gasteiger partial charge on any atom is -0.330 e. The van der Waals surface area contributed by atoms with E-state index in [9.17, 15) is 4.21 Å². The fraction of sp³-hybridized carbons (Fsp3) is 0.714. The molecule has 58 valence electrons. The van der Waals surface area contributed by atoms with Gasteiger partial charge in [-0.1, -0.05) is 5.92 Å². The first-order valence-electron chi connectivity index (χ1n) is 3.26. The van der Waals surface area contributed by atoms with Gasteiger partial charge in [-0.05, 0) is 19.9 Å². The quantitative estimate of drug-likeness (QED) is 0.591. The molecule has 2 nitrogen and oxygen atoms in total. The lowest BCUT2D eigenvalue weighted by molar-refractivity contribution is 0.683. The van der Waals surface area contributed by atoms with Crippen molar-refractivity contribution in [1.29, 1.82) is 0 Å². The summed E-state index contributed by atoms with van der Waals surface area (Å²) in [6, 6.07) is 0. The number of hydrogen-bond donors (Lipinski definition) is 1. The van der Waals surface area contributed by atoms with Gasteiger partial charge in [0.25, 0.3) is 0 Å². The van der Waals surface area contributed by atoms with Gasteiger partial charge in [0.15, 0.2) is 0 Å². The summed E-state index contributed by atoms with van der Waals surface area (Å²) in [6.45, 7) is 2.37. The van der Waals surface area contributed by atoms with Crippen LogP contribution in [0.4, 0.5) is 0 Å². The fourth-order valence-corrected chi connectivity index (χ4v) is 1.41. The molecule has 0 aliphatic rings. The molecule has 0 spiro atoms. The predicted molar refractivity (Wildman–Crippen MR) is 45.0 cm³/mol. The SMILES string of the molecule is CC#CCS(=O)CCCN. The van der Waals surface area contributed by atoms with Gasteiger partial charge in [0, 0.05) is 16.6 Å². The maximum absolute atomic E-state index is 10.9. The summed E-state index contributed by atoms with van der Waals surface area (Å²) in [6.07, 6.45) is 0.831. The Balaban J connectivity index is 3.31. The molecule has 10 heavy (non-hydrogen) atoms. The smallest absolute Gasteiger partial charge is 0.0847 e. The zero-order valence-electron chi connectivity index (χ0n) is 6.22. The lowest BCUT2D eigenvalue weighted by atomic mass is 10.5. The van der Waals surface area contributed by atoms with Gasteiger partial charge in [-0.2, -0.15) is 0 Å².